The monoisotopic (exact) mass is 299 g/mol. The van der Waals surface area contributed by atoms with Gasteiger partial charge in [0, 0.05) is 25.0 Å². The van der Waals surface area contributed by atoms with Crippen LogP contribution < -0.4 is 10.2 Å². The Morgan fingerprint density at radius 3 is 2.95 bits per heavy atom. The zero-order valence-corrected chi connectivity index (χ0v) is 12.9. The van der Waals surface area contributed by atoms with Gasteiger partial charge in [-0.2, -0.15) is 0 Å². The van der Waals surface area contributed by atoms with Crippen molar-refractivity contribution in [3.63, 3.8) is 0 Å². The molecule has 3 rings (SSSR count). The Morgan fingerprint density at radius 2 is 2.27 bits per heavy atom. The van der Waals surface area contributed by atoms with E-state index in [-0.39, 0.29) is 11.8 Å². The van der Waals surface area contributed by atoms with Crippen molar-refractivity contribution in [3.05, 3.63) is 42.1 Å². The largest absolute Gasteiger partial charge is 0.356 e. The van der Waals surface area contributed by atoms with Gasteiger partial charge in [-0.05, 0) is 25.0 Å². The summed E-state index contributed by atoms with van der Waals surface area (Å²) in [5, 5.41) is 3.00. The van der Waals surface area contributed by atoms with E-state index in [9.17, 15) is 4.79 Å². The minimum Gasteiger partial charge on any atom is -0.356 e. The number of pyridine rings is 1. The van der Waals surface area contributed by atoms with Gasteiger partial charge >= 0.3 is 0 Å². The Kier molecular flexibility index (Phi) is 4.09. The number of hydrogen-bond acceptors (Lipinski definition) is 4. The van der Waals surface area contributed by atoms with E-state index in [0.717, 1.165) is 23.8 Å². The highest BCUT2D eigenvalue weighted by Gasteiger charge is 2.35. The van der Waals surface area contributed by atoms with Crippen LogP contribution in [0.5, 0.6) is 0 Å². The molecule has 2 aromatic heterocycles. The highest BCUT2D eigenvalue weighted by Crippen LogP contribution is 2.26. The summed E-state index contributed by atoms with van der Waals surface area (Å²) in [6.45, 7) is 6.11. The number of amides is 1. The molecule has 1 aliphatic rings. The summed E-state index contributed by atoms with van der Waals surface area (Å²) < 4.78 is 0. The van der Waals surface area contributed by atoms with Crippen molar-refractivity contribution in [1.82, 2.24) is 20.3 Å². The van der Waals surface area contributed by atoms with E-state index in [0.29, 0.717) is 19.0 Å². The molecule has 6 heteroatoms. The van der Waals surface area contributed by atoms with Crippen molar-refractivity contribution in [2.75, 3.05) is 18.0 Å². The van der Waals surface area contributed by atoms with Gasteiger partial charge in [0.2, 0.25) is 5.91 Å². The SMILES string of the molecule is Cc1[nH]cnc1CNC(=O)[C@@H]1CN(c2ccccn2)C[C@H]1C. The molecule has 0 radical (unpaired) electrons. The summed E-state index contributed by atoms with van der Waals surface area (Å²) in [6.07, 6.45) is 3.44. The highest BCUT2D eigenvalue weighted by molar-refractivity contribution is 5.80. The molecule has 1 amide bonds. The van der Waals surface area contributed by atoms with Crippen LogP contribution in [0.15, 0.2) is 30.7 Å². The number of rotatable bonds is 4. The van der Waals surface area contributed by atoms with Gasteiger partial charge in [-0.25, -0.2) is 9.97 Å². The zero-order chi connectivity index (χ0) is 15.5. The highest BCUT2D eigenvalue weighted by atomic mass is 16.1. The molecule has 2 aromatic rings. The van der Waals surface area contributed by atoms with E-state index < -0.39 is 0 Å². The van der Waals surface area contributed by atoms with Crippen molar-refractivity contribution < 1.29 is 4.79 Å². The molecule has 1 fully saturated rings. The van der Waals surface area contributed by atoms with E-state index in [1.54, 1.807) is 12.5 Å². The number of carbonyl (C=O) groups is 1. The van der Waals surface area contributed by atoms with E-state index in [4.69, 9.17) is 0 Å². The van der Waals surface area contributed by atoms with Gasteiger partial charge < -0.3 is 15.2 Å². The Labute approximate surface area is 130 Å². The molecule has 2 N–H and O–H groups in total. The van der Waals surface area contributed by atoms with Crippen molar-refractivity contribution in [2.24, 2.45) is 11.8 Å². The molecule has 1 saturated heterocycles. The summed E-state index contributed by atoms with van der Waals surface area (Å²) in [7, 11) is 0. The van der Waals surface area contributed by atoms with Crippen LogP contribution in [0.25, 0.3) is 0 Å². The number of aromatic nitrogens is 3. The lowest BCUT2D eigenvalue weighted by molar-refractivity contribution is -0.125. The summed E-state index contributed by atoms with van der Waals surface area (Å²) in [5.41, 5.74) is 1.88. The number of nitrogens with zero attached hydrogens (tertiary/aromatic N) is 3. The number of aryl methyl sites for hydroxylation is 1. The minimum absolute atomic E-state index is 0.0127. The van der Waals surface area contributed by atoms with Crippen LogP contribution >= 0.6 is 0 Å². The van der Waals surface area contributed by atoms with Gasteiger partial charge in [0.15, 0.2) is 0 Å². The molecule has 2 atom stereocenters. The van der Waals surface area contributed by atoms with Crippen LogP contribution in [0.2, 0.25) is 0 Å². The predicted octanol–water partition coefficient (Wildman–Crippen LogP) is 1.50. The fourth-order valence-corrected chi connectivity index (χ4v) is 2.90. The molecular formula is C16H21N5O. The molecule has 0 unspecified atom stereocenters. The lowest BCUT2D eigenvalue weighted by atomic mass is 9.97. The van der Waals surface area contributed by atoms with Gasteiger partial charge in [0.25, 0.3) is 0 Å². The van der Waals surface area contributed by atoms with Crippen molar-refractivity contribution in [3.8, 4) is 0 Å². The zero-order valence-electron chi connectivity index (χ0n) is 12.9. The van der Waals surface area contributed by atoms with Crippen LogP contribution in [0, 0.1) is 18.8 Å². The smallest absolute Gasteiger partial charge is 0.225 e. The van der Waals surface area contributed by atoms with Crippen molar-refractivity contribution in [2.45, 2.75) is 20.4 Å². The number of aromatic amines is 1. The molecule has 0 aliphatic carbocycles. The first-order chi connectivity index (χ1) is 10.6. The molecule has 1 aliphatic heterocycles. The molecule has 0 saturated carbocycles. The molecule has 0 aromatic carbocycles. The molecule has 6 nitrogen and oxygen atoms in total. The van der Waals surface area contributed by atoms with Crippen molar-refractivity contribution >= 4 is 11.7 Å². The van der Waals surface area contributed by atoms with Gasteiger partial charge in [-0.3, -0.25) is 4.79 Å². The average molecular weight is 299 g/mol. The maximum atomic E-state index is 12.4. The Bertz CT molecular complexity index is 639. The van der Waals surface area contributed by atoms with Crippen LogP contribution in [0.1, 0.15) is 18.3 Å². The van der Waals surface area contributed by atoms with Crippen molar-refractivity contribution in [1.29, 1.82) is 0 Å². The molecular weight excluding hydrogens is 278 g/mol. The number of hydrogen-bond donors (Lipinski definition) is 2. The molecule has 0 spiro atoms. The average Bonchev–Trinajstić information content (AvgIpc) is 3.12. The third-order valence-electron chi connectivity index (χ3n) is 4.29. The minimum atomic E-state index is -0.0127. The number of H-pyrrole nitrogens is 1. The first-order valence-electron chi connectivity index (χ1n) is 7.57. The predicted molar refractivity (Wildman–Crippen MR) is 84.3 cm³/mol. The molecule has 0 bridgehead atoms. The first kappa shape index (κ1) is 14.6. The van der Waals surface area contributed by atoms with Crippen LogP contribution in [-0.2, 0) is 11.3 Å². The number of carbonyl (C=O) groups excluding carboxylic acids is 1. The lowest BCUT2D eigenvalue weighted by Gasteiger charge is -2.16. The fourth-order valence-electron chi connectivity index (χ4n) is 2.90. The van der Waals surface area contributed by atoms with Gasteiger partial charge in [-0.15, -0.1) is 0 Å². The maximum absolute atomic E-state index is 12.4. The second-order valence-corrected chi connectivity index (χ2v) is 5.87. The van der Waals surface area contributed by atoms with Crippen LogP contribution in [0.3, 0.4) is 0 Å². The third kappa shape index (κ3) is 2.95. The molecule has 22 heavy (non-hydrogen) atoms. The van der Waals surface area contributed by atoms with Gasteiger partial charge in [0.05, 0.1) is 24.5 Å². The summed E-state index contributed by atoms with van der Waals surface area (Å²) >= 11 is 0. The van der Waals surface area contributed by atoms with Crippen LogP contribution in [-0.4, -0.2) is 33.9 Å². The van der Waals surface area contributed by atoms with E-state index in [1.165, 1.54) is 0 Å². The lowest BCUT2D eigenvalue weighted by Crippen LogP contribution is -2.34. The topological polar surface area (TPSA) is 73.9 Å². The third-order valence-corrected chi connectivity index (χ3v) is 4.29. The van der Waals surface area contributed by atoms with Crippen LogP contribution in [0.4, 0.5) is 5.82 Å². The second-order valence-electron chi connectivity index (χ2n) is 5.87. The number of nitrogens with one attached hydrogen (secondary N) is 2. The summed E-state index contributed by atoms with van der Waals surface area (Å²) in [4.78, 5) is 26.2. The normalized spacial score (nSPS) is 21.1. The van der Waals surface area contributed by atoms with E-state index >= 15 is 0 Å². The Hall–Kier alpha value is -2.37. The quantitative estimate of drug-likeness (QED) is 0.897. The Balaban J connectivity index is 1.60. The number of anilines is 1. The maximum Gasteiger partial charge on any atom is 0.225 e. The second kappa shape index (κ2) is 6.17. The summed E-state index contributed by atoms with van der Waals surface area (Å²) in [6, 6.07) is 5.86. The van der Waals surface area contributed by atoms with Gasteiger partial charge in [0.1, 0.15) is 5.82 Å². The first-order valence-corrected chi connectivity index (χ1v) is 7.57. The fraction of sp³-hybridized carbons (Fsp3) is 0.438. The van der Waals surface area contributed by atoms with Gasteiger partial charge in [-0.1, -0.05) is 13.0 Å². The molecule has 116 valence electrons. The number of imidazole rings is 1. The van der Waals surface area contributed by atoms with E-state index in [2.05, 4.69) is 32.1 Å². The summed E-state index contributed by atoms with van der Waals surface area (Å²) in [5.74, 6) is 1.32. The standard InChI is InChI=1S/C16H21N5O/c1-11-8-21(15-5-3-4-6-17-15)9-13(11)16(22)18-7-14-12(2)19-10-20-14/h3-6,10-11,13H,7-9H2,1-2H3,(H,18,22)(H,19,20)/t11-,13-/m1/s1. The Morgan fingerprint density at radius 1 is 1.41 bits per heavy atom. The van der Waals surface area contributed by atoms with E-state index in [1.807, 2.05) is 25.1 Å². The molecule has 3 heterocycles.